The van der Waals surface area contributed by atoms with Gasteiger partial charge in [-0.25, -0.2) is 0 Å². The van der Waals surface area contributed by atoms with Gasteiger partial charge in [0.2, 0.25) is 0 Å². The summed E-state index contributed by atoms with van der Waals surface area (Å²) < 4.78 is 11.2. The molecule has 1 atom stereocenters. The first kappa shape index (κ1) is 9.46. The van der Waals surface area contributed by atoms with Crippen LogP contribution < -0.4 is 10.1 Å². The Balaban J connectivity index is 2.05. The Kier molecular flexibility index (Phi) is 2.12. The van der Waals surface area contributed by atoms with Crippen LogP contribution in [0, 0.1) is 0 Å². The van der Waals surface area contributed by atoms with Crippen molar-refractivity contribution >= 4 is 11.6 Å². The monoisotopic (exact) mass is 225 g/mol. The normalized spacial score (nSPS) is 28.9. The minimum absolute atomic E-state index is 0.182. The van der Waals surface area contributed by atoms with Crippen molar-refractivity contribution in [2.24, 2.45) is 0 Å². The summed E-state index contributed by atoms with van der Waals surface area (Å²) >= 11 is 6.00. The minimum atomic E-state index is -0.182. The van der Waals surface area contributed by atoms with Crippen molar-refractivity contribution in [3.63, 3.8) is 0 Å². The molecular formula is C11H12ClNO2. The van der Waals surface area contributed by atoms with Crippen molar-refractivity contribution in [3.05, 3.63) is 28.8 Å². The predicted molar refractivity (Wildman–Crippen MR) is 57.4 cm³/mol. The van der Waals surface area contributed by atoms with Crippen LogP contribution in [0.25, 0.3) is 0 Å². The van der Waals surface area contributed by atoms with Gasteiger partial charge in [-0.05, 0) is 18.2 Å². The standard InChI is InChI=1S/C11H12ClNO2/c12-8-1-2-10-9(5-8)11(7-15-10)6-14-4-3-13-11/h1-2,5,13H,3-4,6-7H2/t11-/m0/s1. The molecule has 2 aliphatic heterocycles. The molecule has 1 N–H and O–H groups in total. The molecule has 3 nitrogen and oxygen atoms in total. The minimum Gasteiger partial charge on any atom is -0.491 e. The van der Waals surface area contributed by atoms with Crippen LogP contribution in [0.4, 0.5) is 0 Å². The number of ether oxygens (including phenoxy) is 2. The van der Waals surface area contributed by atoms with Gasteiger partial charge in [-0.1, -0.05) is 11.6 Å². The van der Waals surface area contributed by atoms with Gasteiger partial charge in [0.1, 0.15) is 17.9 Å². The maximum Gasteiger partial charge on any atom is 0.124 e. The lowest BCUT2D eigenvalue weighted by Gasteiger charge is -2.33. The molecule has 0 aromatic heterocycles. The summed E-state index contributed by atoms with van der Waals surface area (Å²) in [6.07, 6.45) is 0. The second kappa shape index (κ2) is 3.37. The van der Waals surface area contributed by atoms with Crippen LogP contribution in [-0.4, -0.2) is 26.4 Å². The third kappa shape index (κ3) is 1.42. The fraction of sp³-hybridized carbons (Fsp3) is 0.455. The van der Waals surface area contributed by atoms with E-state index in [0.29, 0.717) is 13.2 Å². The first-order valence-corrected chi connectivity index (χ1v) is 5.44. The van der Waals surface area contributed by atoms with E-state index in [0.717, 1.165) is 29.5 Å². The van der Waals surface area contributed by atoms with Gasteiger partial charge >= 0.3 is 0 Å². The number of morpholine rings is 1. The van der Waals surface area contributed by atoms with Crippen LogP contribution >= 0.6 is 11.6 Å². The van der Waals surface area contributed by atoms with Crippen molar-refractivity contribution in [1.29, 1.82) is 0 Å². The molecular weight excluding hydrogens is 214 g/mol. The molecule has 2 aliphatic rings. The van der Waals surface area contributed by atoms with Gasteiger partial charge in [0.25, 0.3) is 0 Å². The first-order valence-electron chi connectivity index (χ1n) is 5.06. The summed E-state index contributed by atoms with van der Waals surface area (Å²) in [6, 6.07) is 5.73. The van der Waals surface area contributed by atoms with Crippen LogP contribution in [-0.2, 0) is 10.3 Å². The van der Waals surface area contributed by atoms with E-state index in [4.69, 9.17) is 21.1 Å². The highest BCUT2D eigenvalue weighted by atomic mass is 35.5. The molecule has 1 saturated heterocycles. The fourth-order valence-electron chi connectivity index (χ4n) is 2.21. The quantitative estimate of drug-likeness (QED) is 0.727. The second-order valence-corrected chi connectivity index (χ2v) is 4.43. The third-order valence-electron chi connectivity index (χ3n) is 2.99. The lowest BCUT2D eigenvalue weighted by Crippen LogP contribution is -2.52. The van der Waals surface area contributed by atoms with Crippen LogP contribution in [0.15, 0.2) is 18.2 Å². The highest BCUT2D eigenvalue weighted by Gasteiger charge is 2.42. The molecule has 0 radical (unpaired) electrons. The molecule has 2 heterocycles. The smallest absolute Gasteiger partial charge is 0.124 e. The molecule has 0 bridgehead atoms. The van der Waals surface area contributed by atoms with Gasteiger partial charge in [0.05, 0.1) is 13.2 Å². The number of rotatable bonds is 0. The van der Waals surface area contributed by atoms with Gasteiger partial charge in [0, 0.05) is 17.1 Å². The molecule has 4 heteroatoms. The van der Waals surface area contributed by atoms with E-state index in [1.54, 1.807) is 0 Å². The average Bonchev–Trinajstić information content (AvgIpc) is 2.59. The number of nitrogens with one attached hydrogen (secondary N) is 1. The van der Waals surface area contributed by atoms with Crippen LogP contribution in [0.2, 0.25) is 5.02 Å². The number of fused-ring (bicyclic) bond motifs is 2. The van der Waals surface area contributed by atoms with E-state index in [1.807, 2.05) is 18.2 Å². The molecule has 1 fully saturated rings. The van der Waals surface area contributed by atoms with Gasteiger partial charge in [-0.3, -0.25) is 0 Å². The van der Waals surface area contributed by atoms with Gasteiger partial charge in [-0.15, -0.1) is 0 Å². The highest BCUT2D eigenvalue weighted by molar-refractivity contribution is 6.30. The molecule has 0 unspecified atom stereocenters. The maximum absolute atomic E-state index is 6.00. The van der Waals surface area contributed by atoms with Gasteiger partial charge in [0.15, 0.2) is 0 Å². The molecule has 1 aromatic rings. The summed E-state index contributed by atoms with van der Waals surface area (Å²) in [6.45, 7) is 2.90. The van der Waals surface area contributed by atoms with Crippen molar-refractivity contribution in [1.82, 2.24) is 5.32 Å². The number of benzene rings is 1. The molecule has 15 heavy (non-hydrogen) atoms. The molecule has 80 valence electrons. The Bertz CT molecular complexity index is 383. The second-order valence-electron chi connectivity index (χ2n) is 3.99. The summed E-state index contributed by atoms with van der Waals surface area (Å²) in [5.41, 5.74) is 0.938. The zero-order valence-electron chi connectivity index (χ0n) is 8.25. The molecule has 0 amide bonds. The first-order chi connectivity index (χ1) is 7.30. The van der Waals surface area contributed by atoms with E-state index in [1.165, 1.54) is 0 Å². The van der Waals surface area contributed by atoms with Crippen molar-refractivity contribution in [2.75, 3.05) is 26.4 Å². The average molecular weight is 226 g/mol. The van der Waals surface area contributed by atoms with E-state index in [2.05, 4.69) is 5.32 Å². The number of halogens is 1. The summed E-state index contributed by atoms with van der Waals surface area (Å²) in [5.74, 6) is 0.914. The Morgan fingerprint density at radius 2 is 2.27 bits per heavy atom. The molecule has 1 aromatic carbocycles. The molecule has 1 spiro atoms. The Hall–Kier alpha value is -0.770. The molecule has 0 saturated carbocycles. The van der Waals surface area contributed by atoms with Crippen molar-refractivity contribution < 1.29 is 9.47 Å². The van der Waals surface area contributed by atoms with Crippen LogP contribution in [0.5, 0.6) is 5.75 Å². The Morgan fingerprint density at radius 3 is 3.07 bits per heavy atom. The molecule has 3 rings (SSSR count). The van der Waals surface area contributed by atoms with E-state index >= 15 is 0 Å². The molecule has 0 aliphatic carbocycles. The SMILES string of the molecule is Clc1ccc2c(c1)[C@]1(COCCN1)CO2. The maximum atomic E-state index is 6.00. The van der Waals surface area contributed by atoms with Crippen LogP contribution in [0.1, 0.15) is 5.56 Å². The Labute approximate surface area is 93.3 Å². The zero-order chi connectivity index (χ0) is 10.3. The van der Waals surface area contributed by atoms with Gasteiger partial charge in [-0.2, -0.15) is 0 Å². The number of hydrogen-bond donors (Lipinski definition) is 1. The van der Waals surface area contributed by atoms with Gasteiger partial charge < -0.3 is 14.8 Å². The largest absolute Gasteiger partial charge is 0.491 e. The Morgan fingerprint density at radius 1 is 1.33 bits per heavy atom. The fourth-order valence-corrected chi connectivity index (χ4v) is 2.38. The van der Waals surface area contributed by atoms with E-state index in [9.17, 15) is 0 Å². The predicted octanol–water partition coefficient (Wildman–Crippen LogP) is 1.55. The zero-order valence-corrected chi connectivity index (χ0v) is 9.01. The summed E-state index contributed by atoms with van der Waals surface area (Å²) in [5, 5.41) is 4.21. The van der Waals surface area contributed by atoms with E-state index in [-0.39, 0.29) is 5.54 Å². The van der Waals surface area contributed by atoms with Crippen molar-refractivity contribution in [2.45, 2.75) is 5.54 Å². The number of hydrogen-bond acceptors (Lipinski definition) is 3. The lowest BCUT2D eigenvalue weighted by atomic mass is 9.92. The summed E-state index contributed by atoms with van der Waals surface area (Å²) in [7, 11) is 0. The lowest BCUT2D eigenvalue weighted by molar-refractivity contribution is 0.0160. The summed E-state index contributed by atoms with van der Waals surface area (Å²) in [4.78, 5) is 0. The topological polar surface area (TPSA) is 30.5 Å². The third-order valence-corrected chi connectivity index (χ3v) is 3.22. The van der Waals surface area contributed by atoms with Crippen molar-refractivity contribution in [3.8, 4) is 5.75 Å². The highest BCUT2D eigenvalue weighted by Crippen LogP contribution is 2.39. The van der Waals surface area contributed by atoms with Crippen LogP contribution in [0.3, 0.4) is 0 Å². The van der Waals surface area contributed by atoms with E-state index < -0.39 is 0 Å².